The van der Waals surface area contributed by atoms with Crippen LogP contribution in [-0.4, -0.2) is 51.5 Å². The van der Waals surface area contributed by atoms with E-state index in [2.05, 4.69) is 9.97 Å². The number of halogens is 1. The Morgan fingerprint density at radius 1 is 1.29 bits per heavy atom. The molecule has 3 rings (SSSR count). The third-order valence-electron chi connectivity index (χ3n) is 5.01. The topological polar surface area (TPSA) is 128 Å². The van der Waals surface area contributed by atoms with Gasteiger partial charge in [0.25, 0.3) is 11.5 Å². The summed E-state index contributed by atoms with van der Waals surface area (Å²) < 4.78 is 21.5. The minimum absolute atomic E-state index is 0.00824. The molecule has 12 heteroatoms. The lowest BCUT2D eigenvalue weighted by atomic mass is 10.2. The van der Waals surface area contributed by atoms with E-state index >= 15 is 0 Å². The van der Waals surface area contributed by atoms with Gasteiger partial charge in [0.1, 0.15) is 17.3 Å². The number of carbonyl (C=O) groups excluding carboxylic acids is 1. The smallest absolute Gasteiger partial charge is 0.330 e. The number of thioether (sulfide) groups is 1. The number of imidazole rings is 1. The second-order valence-electron chi connectivity index (χ2n) is 7.89. The van der Waals surface area contributed by atoms with E-state index in [1.165, 1.54) is 58.8 Å². The molecule has 0 radical (unpaired) electrons. The minimum atomic E-state index is -0.787. The summed E-state index contributed by atoms with van der Waals surface area (Å²) in [4.78, 5) is 46.8. The van der Waals surface area contributed by atoms with E-state index in [0.717, 1.165) is 0 Å². The summed E-state index contributed by atoms with van der Waals surface area (Å²) in [5.41, 5.74) is 5.32. The molecular formula is C22H27FN6O4S. The van der Waals surface area contributed by atoms with Crippen LogP contribution in [-0.2, 0) is 11.3 Å². The van der Waals surface area contributed by atoms with Gasteiger partial charge < -0.3 is 10.5 Å². The maximum atomic E-state index is 13.8. The van der Waals surface area contributed by atoms with Crippen molar-refractivity contribution in [3.63, 3.8) is 0 Å². The van der Waals surface area contributed by atoms with Crippen molar-refractivity contribution in [2.24, 2.45) is 5.92 Å². The first-order valence-corrected chi connectivity index (χ1v) is 11.7. The lowest BCUT2D eigenvalue weighted by Gasteiger charge is -2.25. The number of amides is 1. The monoisotopic (exact) mass is 490 g/mol. The number of nitrogens with two attached hydrogens (primary N) is 1. The Bertz CT molecular complexity index is 1280. The fourth-order valence-corrected chi connectivity index (χ4v) is 4.03. The van der Waals surface area contributed by atoms with Gasteiger partial charge in [0.05, 0.1) is 12.8 Å². The van der Waals surface area contributed by atoms with Crippen LogP contribution in [0.4, 0.5) is 15.9 Å². The Hall–Kier alpha value is -3.38. The van der Waals surface area contributed by atoms with Crippen LogP contribution in [0.25, 0.3) is 5.69 Å². The molecule has 0 aliphatic carbocycles. The number of aromatic amines is 1. The molecule has 0 aliphatic heterocycles. The Balaban J connectivity index is 2.19. The highest BCUT2D eigenvalue weighted by molar-refractivity contribution is 7.98. The van der Waals surface area contributed by atoms with Crippen molar-refractivity contribution >= 4 is 29.2 Å². The number of aromatic nitrogens is 4. The Kier molecular flexibility index (Phi) is 7.94. The van der Waals surface area contributed by atoms with Crippen LogP contribution in [0.15, 0.2) is 45.2 Å². The summed E-state index contributed by atoms with van der Waals surface area (Å²) in [5, 5.41) is 0.494. The number of hydrogen-bond acceptors (Lipinski definition) is 7. The molecule has 34 heavy (non-hydrogen) atoms. The van der Waals surface area contributed by atoms with Gasteiger partial charge >= 0.3 is 5.69 Å². The maximum absolute atomic E-state index is 13.8. The Morgan fingerprint density at radius 3 is 2.56 bits per heavy atom. The fraction of sp³-hybridized carbons (Fsp3) is 0.364. The van der Waals surface area contributed by atoms with Gasteiger partial charge in [-0.2, -0.15) is 0 Å². The van der Waals surface area contributed by atoms with Crippen LogP contribution < -0.4 is 21.9 Å². The van der Waals surface area contributed by atoms with Crippen molar-refractivity contribution in [3.05, 3.63) is 62.8 Å². The van der Waals surface area contributed by atoms with Crippen LogP contribution in [0.5, 0.6) is 0 Å². The van der Waals surface area contributed by atoms with Crippen molar-refractivity contribution in [3.8, 4) is 5.69 Å². The van der Waals surface area contributed by atoms with Crippen molar-refractivity contribution in [1.29, 1.82) is 0 Å². The third kappa shape index (κ3) is 5.07. The van der Waals surface area contributed by atoms with E-state index < -0.39 is 23.0 Å². The summed E-state index contributed by atoms with van der Waals surface area (Å²) in [6.45, 7) is 4.15. The zero-order valence-electron chi connectivity index (χ0n) is 19.4. The first-order valence-electron chi connectivity index (χ1n) is 10.5. The van der Waals surface area contributed by atoms with Gasteiger partial charge in [-0.25, -0.2) is 14.2 Å². The average Bonchev–Trinajstić information content (AvgIpc) is 3.22. The normalized spacial score (nSPS) is 11.2. The molecule has 0 atom stereocenters. The number of nitrogens with zero attached hydrogens (tertiary/aromatic N) is 4. The largest absolute Gasteiger partial charge is 0.383 e. The zero-order chi connectivity index (χ0) is 25.0. The average molecular weight is 491 g/mol. The second kappa shape index (κ2) is 10.7. The van der Waals surface area contributed by atoms with Gasteiger partial charge in [0.15, 0.2) is 10.8 Å². The molecule has 1 amide bonds. The van der Waals surface area contributed by atoms with Crippen LogP contribution in [0.1, 0.15) is 24.3 Å². The number of ether oxygens (including phenoxy) is 1. The predicted octanol–water partition coefficient (Wildman–Crippen LogP) is 2.11. The van der Waals surface area contributed by atoms with Crippen molar-refractivity contribution < 1.29 is 13.9 Å². The van der Waals surface area contributed by atoms with Gasteiger partial charge in [-0.15, -0.1) is 0 Å². The van der Waals surface area contributed by atoms with Crippen LogP contribution in [0, 0.1) is 11.7 Å². The highest BCUT2D eigenvalue weighted by Crippen LogP contribution is 2.25. The number of hydrogen-bond donors (Lipinski definition) is 2. The molecule has 2 aromatic heterocycles. The number of benzene rings is 1. The molecule has 0 aliphatic rings. The summed E-state index contributed by atoms with van der Waals surface area (Å²) in [5.74, 6) is -1.06. The standard InChI is InChI=1S/C22H27FN6O4S/c1-13(2)12-28-18(24)17(19(30)26-21(28)32)27(9-10-33-3)20(31)16-11-25-22(34-4)29(16)15-7-5-14(23)6-8-15/h5-8,11,13H,9-10,12,24H2,1-4H3,(H,26,30,32). The molecule has 0 fully saturated rings. The summed E-state index contributed by atoms with van der Waals surface area (Å²) in [6, 6.07) is 5.61. The van der Waals surface area contributed by atoms with E-state index in [1.54, 1.807) is 10.8 Å². The van der Waals surface area contributed by atoms with Crippen molar-refractivity contribution in [2.45, 2.75) is 25.5 Å². The Morgan fingerprint density at radius 2 is 1.97 bits per heavy atom. The molecule has 10 nitrogen and oxygen atoms in total. The lowest BCUT2D eigenvalue weighted by molar-refractivity contribution is 0.0968. The van der Waals surface area contributed by atoms with Gasteiger partial charge in [0, 0.05) is 25.9 Å². The number of nitrogens with one attached hydrogen (secondary N) is 1. The zero-order valence-corrected chi connectivity index (χ0v) is 20.2. The number of nitrogen functional groups attached to an aromatic ring is 1. The van der Waals surface area contributed by atoms with Crippen LogP contribution in [0.3, 0.4) is 0 Å². The summed E-state index contributed by atoms with van der Waals surface area (Å²) in [6.07, 6.45) is 3.18. The molecule has 0 saturated heterocycles. The number of methoxy groups -OCH3 is 1. The maximum Gasteiger partial charge on any atom is 0.330 e. The van der Waals surface area contributed by atoms with Gasteiger partial charge in [0.2, 0.25) is 0 Å². The molecule has 0 spiro atoms. The van der Waals surface area contributed by atoms with E-state index in [9.17, 15) is 18.8 Å². The van der Waals surface area contributed by atoms with E-state index in [1.807, 2.05) is 13.8 Å². The molecule has 0 unspecified atom stereocenters. The summed E-state index contributed by atoms with van der Waals surface area (Å²) >= 11 is 1.30. The quantitative estimate of drug-likeness (QED) is 0.440. The van der Waals surface area contributed by atoms with Crippen LogP contribution in [0.2, 0.25) is 0 Å². The molecule has 0 bridgehead atoms. The van der Waals surface area contributed by atoms with E-state index in [-0.39, 0.29) is 42.8 Å². The molecule has 0 saturated carbocycles. The summed E-state index contributed by atoms with van der Waals surface area (Å²) in [7, 11) is 1.46. The van der Waals surface area contributed by atoms with Crippen molar-refractivity contribution in [1.82, 2.24) is 19.1 Å². The van der Waals surface area contributed by atoms with Crippen molar-refractivity contribution in [2.75, 3.05) is 37.2 Å². The first kappa shape index (κ1) is 25.2. The number of anilines is 2. The predicted molar refractivity (Wildman–Crippen MR) is 129 cm³/mol. The molecule has 3 N–H and O–H groups in total. The van der Waals surface area contributed by atoms with E-state index in [4.69, 9.17) is 10.5 Å². The number of rotatable bonds is 9. The van der Waals surface area contributed by atoms with Crippen LogP contribution >= 0.6 is 11.8 Å². The molecular weight excluding hydrogens is 463 g/mol. The third-order valence-corrected chi connectivity index (χ3v) is 5.67. The Labute approximate surface area is 199 Å². The molecule has 1 aromatic carbocycles. The van der Waals surface area contributed by atoms with Gasteiger partial charge in [-0.1, -0.05) is 25.6 Å². The minimum Gasteiger partial charge on any atom is -0.383 e. The van der Waals surface area contributed by atoms with E-state index in [0.29, 0.717) is 10.8 Å². The number of H-pyrrole nitrogens is 1. The molecule has 3 aromatic rings. The number of carbonyl (C=O) groups is 1. The lowest BCUT2D eigenvalue weighted by Crippen LogP contribution is -2.43. The molecule has 2 heterocycles. The first-order chi connectivity index (χ1) is 16.2. The highest BCUT2D eigenvalue weighted by Gasteiger charge is 2.29. The SMILES string of the molecule is COCCN(C(=O)c1cnc(SC)n1-c1ccc(F)cc1)c1c(N)n(CC(C)C)c(=O)[nH]c1=O. The highest BCUT2D eigenvalue weighted by atomic mass is 32.2. The van der Waals surface area contributed by atoms with Gasteiger partial charge in [-0.05, 0) is 36.4 Å². The molecule has 182 valence electrons. The second-order valence-corrected chi connectivity index (χ2v) is 8.66. The van der Waals surface area contributed by atoms with Gasteiger partial charge in [-0.3, -0.25) is 28.6 Å². The fourth-order valence-electron chi connectivity index (χ4n) is 3.49.